The van der Waals surface area contributed by atoms with Crippen molar-refractivity contribution in [2.75, 3.05) is 0 Å². The van der Waals surface area contributed by atoms with Gasteiger partial charge in [-0.2, -0.15) is 0 Å². The molecule has 0 spiro atoms. The second-order valence-corrected chi connectivity index (χ2v) is 9.72. The van der Waals surface area contributed by atoms with Crippen molar-refractivity contribution in [2.24, 2.45) is 0 Å². The Kier molecular flexibility index (Phi) is 7.01. The van der Waals surface area contributed by atoms with Crippen LogP contribution >= 0.6 is 11.8 Å². The Morgan fingerprint density at radius 1 is 0.793 bits per heavy atom. The highest BCUT2D eigenvalue weighted by Gasteiger charge is 2.37. The van der Waals surface area contributed by atoms with E-state index in [1.54, 1.807) is 0 Å². The van der Waals surface area contributed by atoms with Crippen LogP contribution in [-0.2, 0) is 10.9 Å². The van der Waals surface area contributed by atoms with Crippen molar-refractivity contribution in [3.05, 3.63) is 78.4 Å². The highest BCUT2D eigenvalue weighted by atomic mass is 32.2. The Bertz CT molecular complexity index is 906. The molecule has 1 aliphatic rings. The van der Waals surface area contributed by atoms with Gasteiger partial charge in [0.15, 0.2) is 14.7 Å². The van der Waals surface area contributed by atoms with E-state index in [0.29, 0.717) is 5.92 Å². The smallest absolute Gasteiger partial charge is 0.418 e. The first-order valence-electron chi connectivity index (χ1n) is 9.35. The maximum Gasteiger partial charge on any atom is 0.673 e. The Hall–Kier alpha value is -1.86. The van der Waals surface area contributed by atoms with Crippen LogP contribution < -0.4 is 0 Å². The molecule has 7 heteroatoms. The Morgan fingerprint density at radius 2 is 1.24 bits per heavy atom. The van der Waals surface area contributed by atoms with Gasteiger partial charge < -0.3 is 17.3 Å². The largest absolute Gasteiger partial charge is 0.673 e. The lowest BCUT2D eigenvalue weighted by Crippen LogP contribution is -2.11. The SMILES string of the molecule is CCC(C)c1ccc([S+]2c3ccccc3Sc3ccccc32)cc1.F[B-](F)(F)F. The topological polar surface area (TPSA) is 0 Å². The standard InChI is InChI=1S/C22H21S2.BF4/c1-3-16(2)17-12-14-18(15-13-17)24-21-10-6-4-8-19(21)23-20-9-5-7-11-22(20)24;2-1(3,4)5/h4-16H,3H2,1-2H3;/q+1;-1. The van der Waals surface area contributed by atoms with Crippen molar-refractivity contribution < 1.29 is 17.3 Å². The van der Waals surface area contributed by atoms with Crippen LogP contribution in [0.25, 0.3) is 0 Å². The van der Waals surface area contributed by atoms with Gasteiger partial charge in [0.25, 0.3) is 0 Å². The second kappa shape index (κ2) is 9.31. The summed E-state index contributed by atoms with van der Waals surface area (Å²) in [7, 11) is -6.00. The molecular formula is C22H21BF4S2. The molecule has 1 unspecified atom stereocenters. The molecular weight excluding hydrogens is 415 g/mol. The third kappa shape index (κ3) is 5.61. The Labute approximate surface area is 176 Å². The maximum atomic E-state index is 9.75. The summed E-state index contributed by atoms with van der Waals surface area (Å²) >= 11 is 1.90. The summed E-state index contributed by atoms with van der Waals surface area (Å²) in [5, 5.41) is 0. The maximum absolute atomic E-state index is 9.75. The van der Waals surface area contributed by atoms with Crippen LogP contribution in [0.3, 0.4) is 0 Å². The molecule has 3 aromatic rings. The molecule has 0 fully saturated rings. The average Bonchev–Trinajstić information content (AvgIpc) is 2.70. The first-order chi connectivity index (χ1) is 13.8. The van der Waals surface area contributed by atoms with Crippen molar-refractivity contribution in [1.29, 1.82) is 0 Å². The third-order valence-corrected chi connectivity index (χ3v) is 8.40. The van der Waals surface area contributed by atoms with E-state index < -0.39 is 7.25 Å². The molecule has 0 saturated carbocycles. The first-order valence-corrected chi connectivity index (χ1v) is 11.4. The van der Waals surface area contributed by atoms with Gasteiger partial charge in [0.2, 0.25) is 0 Å². The molecule has 1 atom stereocenters. The number of fused-ring (bicyclic) bond motifs is 2. The Morgan fingerprint density at radius 3 is 1.69 bits per heavy atom. The number of halogens is 4. The quantitative estimate of drug-likeness (QED) is 0.178. The summed E-state index contributed by atoms with van der Waals surface area (Å²) < 4.78 is 39.0. The molecule has 29 heavy (non-hydrogen) atoms. The van der Waals surface area contributed by atoms with Crippen molar-refractivity contribution in [1.82, 2.24) is 0 Å². The van der Waals surface area contributed by atoms with Gasteiger partial charge in [-0.25, -0.2) is 0 Å². The fourth-order valence-corrected chi connectivity index (χ4v) is 6.80. The van der Waals surface area contributed by atoms with Crippen molar-refractivity contribution in [3.63, 3.8) is 0 Å². The van der Waals surface area contributed by atoms with E-state index in [1.807, 2.05) is 11.8 Å². The molecule has 0 N–H and O–H groups in total. The second-order valence-electron chi connectivity index (χ2n) is 6.67. The van der Waals surface area contributed by atoms with E-state index in [1.165, 1.54) is 36.5 Å². The van der Waals surface area contributed by atoms with Gasteiger partial charge in [-0.15, -0.1) is 0 Å². The van der Waals surface area contributed by atoms with Gasteiger partial charge in [0.1, 0.15) is 10.9 Å². The summed E-state index contributed by atoms with van der Waals surface area (Å²) in [4.78, 5) is 7.12. The Balaban J connectivity index is 0.000000431. The van der Waals surface area contributed by atoms with E-state index >= 15 is 0 Å². The van der Waals surface area contributed by atoms with E-state index in [9.17, 15) is 17.3 Å². The predicted octanol–water partition coefficient (Wildman–Crippen LogP) is 8.06. The van der Waals surface area contributed by atoms with Crippen molar-refractivity contribution in [2.45, 2.75) is 50.7 Å². The molecule has 1 aliphatic heterocycles. The molecule has 4 rings (SSSR count). The monoisotopic (exact) mass is 436 g/mol. The van der Waals surface area contributed by atoms with Crippen molar-refractivity contribution >= 4 is 29.9 Å². The molecule has 152 valence electrons. The zero-order valence-electron chi connectivity index (χ0n) is 16.1. The normalized spacial score (nSPS) is 14.3. The highest BCUT2D eigenvalue weighted by Crippen LogP contribution is 2.48. The van der Waals surface area contributed by atoms with Gasteiger partial charge in [0, 0.05) is 0 Å². The zero-order chi connectivity index (χ0) is 21.0. The van der Waals surface area contributed by atoms with Crippen LogP contribution in [0.15, 0.2) is 97.3 Å². The summed E-state index contributed by atoms with van der Waals surface area (Å²) in [6.45, 7) is 4.56. The summed E-state index contributed by atoms with van der Waals surface area (Å²) in [6.07, 6.45) is 1.19. The van der Waals surface area contributed by atoms with E-state index in [4.69, 9.17) is 0 Å². The first kappa shape index (κ1) is 21.8. The summed E-state index contributed by atoms with van der Waals surface area (Å²) in [5.41, 5.74) is 1.44. The van der Waals surface area contributed by atoms with Gasteiger partial charge in [-0.3, -0.25) is 0 Å². The number of rotatable bonds is 3. The lowest BCUT2D eigenvalue weighted by Gasteiger charge is -2.19. The molecule has 0 bridgehead atoms. The molecule has 1 heterocycles. The number of hydrogen-bond donors (Lipinski definition) is 0. The lowest BCUT2D eigenvalue weighted by atomic mass is 9.99. The molecule has 0 nitrogen and oxygen atoms in total. The molecule has 0 amide bonds. The lowest BCUT2D eigenvalue weighted by molar-refractivity contribution is 0.368. The van der Waals surface area contributed by atoms with Crippen LogP contribution in [0.1, 0.15) is 31.7 Å². The molecule has 0 aliphatic carbocycles. The van der Waals surface area contributed by atoms with Crippen LogP contribution in [0.2, 0.25) is 0 Å². The fraction of sp³-hybridized carbons (Fsp3) is 0.182. The predicted molar refractivity (Wildman–Crippen MR) is 115 cm³/mol. The van der Waals surface area contributed by atoms with Gasteiger partial charge in [-0.1, -0.05) is 62.0 Å². The van der Waals surface area contributed by atoms with Crippen LogP contribution in [0.4, 0.5) is 17.3 Å². The zero-order valence-corrected chi connectivity index (χ0v) is 17.8. The summed E-state index contributed by atoms with van der Waals surface area (Å²) in [6, 6.07) is 27.1. The molecule has 0 aromatic heterocycles. The number of hydrogen-bond acceptors (Lipinski definition) is 1. The highest BCUT2D eigenvalue weighted by molar-refractivity contribution is 8.04. The van der Waals surface area contributed by atoms with Crippen LogP contribution in [0.5, 0.6) is 0 Å². The van der Waals surface area contributed by atoms with Gasteiger partial charge >= 0.3 is 7.25 Å². The van der Waals surface area contributed by atoms with Crippen LogP contribution in [0, 0.1) is 0 Å². The van der Waals surface area contributed by atoms with Gasteiger partial charge in [-0.05, 0) is 54.3 Å². The minimum atomic E-state index is -6.00. The average molecular weight is 436 g/mol. The van der Waals surface area contributed by atoms with E-state index in [0.717, 1.165) is 0 Å². The summed E-state index contributed by atoms with van der Waals surface area (Å²) in [5.74, 6) is 0.629. The minimum Gasteiger partial charge on any atom is -0.418 e. The molecule has 0 radical (unpaired) electrons. The third-order valence-electron chi connectivity index (χ3n) is 4.66. The van der Waals surface area contributed by atoms with Crippen LogP contribution in [-0.4, -0.2) is 7.25 Å². The number of benzene rings is 3. The molecule has 3 aromatic carbocycles. The fourth-order valence-electron chi connectivity index (χ4n) is 3.07. The van der Waals surface area contributed by atoms with E-state index in [-0.39, 0.29) is 10.9 Å². The minimum absolute atomic E-state index is 0.00220. The van der Waals surface area contributed by atoms with E-state index in [2.05, 4.69) is 86.6 Å². The van der Waals surface area contributed by atoms with Crippen molar-refractivity contribution in [3.8, 4) is 0 Å². The van der Waals surface area contributed by atoms with Gasteiger partial charge in [0.05, 0.1) is 9.79 Å². The molecule has 0 saturated heterocycles.